The predicted octanol–water partition coefficient (Wildman–Crippen LogP) is 3.21. The van der Waals surface area contributed by atoms with Crippen LogP contribution < -0.4 is 0 Å². The van der Waals surface area contributed by atoms with Crippen LogP contribution in [0.15, 0.2) is 12.5 Å². The van der Waals surface area contributed by atoms with Crippen LogP contribution in [0.1, 0.15) is 26.5 Å². The van der Waals surface area contributed by atoms with E-state index in [0.717, 1.165) is 13.1 Å². The molecule has 0 bridgehead atoms. The van der Waals surface area contributed by atoms with Crippen LogP contribution in [0.5, 0.6) is 0 Å². The second-order valence-electron chi connectivity index (χ2n) is 4.37. The Bertz CT molecular complexity index is 318. The zero-order valence-corrected chi connectivity index (χ0v) is 14.1. The molecule has 0 aliphatic carbocycles. The zero-order valence-electron chi connectivity index (χ0n) is 12.5. The highest BCUT2D eigenvalue weighted by molar-refractivity contribution is 7.99. The minimum Gasteiger partial charge on any atom is -0.337 e. The lowest BCUT2D eigenvalue weighted by molar-refractivity contribution is 0.297. The number of aromatic nitrogens is 2. The third-order valence-corrected chi connectivity index (χ3v) is 4.71. The molecule has 19 heavy (non-hydrogen) atoms. The molecule has 5 heteroatoms. The smallest absolute Gasteiger partial charge is 0.0949 e. The summed E-state index contributed by atoms with van der Waals surface area (Å²) in [5, 5.41) is 0. The molecule has 0 atom stereocenters. The van der Waals surface area contributed by atoms with Gasteiger partial charge in [0.15, 0.2) is 0 Å². The Hall–Kier alpha value is -0.130. The lowest BCUT2D eigenvalue weighted by Crippen LogP contribution is -2.28. The SMILES string of the molecule is CCSCCN(CCSCC)Cc1cn(CC)cn1. The Kier molecular flexibility index (Phi) is 9.47. The predicted molar refractivity (Wildman–Crippen MR) is 89.2 cm³/mol. The molecule has 0 aliphatic heterocycles. The van der Waals surface area contributed by atoms with E-state index in [1.807, 2.05) is 29.9 Å². The summed E-state index contributed by atoms with van der Waals surface area (Å²) in [6.45, 7) is 10.9. The van der Waals surface area contributed by atoms with Gasteiger partial charge in [0.1, 0.15) is 0 Å². The lowest BCUT2D eigenvalue weighted by Gasteiger charge is -2.20. The molecule has 0 unspecified atom stereocenters. The minimum absolute atomic E-state index is 0.988. The van der Waals surface area contributed by atoms with Gasteiger partial charge < -0.3 is 4.57 Å². The van der Waals surface area contributed by atoms with Gasteiger partial charge in [-0.25, -0.2) is 4.98 Å². The van der Waals surface area contributed by atoms with Gasteiger partial charge in [-0.1, -0.05) is 13.8 Å². The Morgan fingerprint density at radius 2 is 1.74 bits per heavy atom. The van der Waals surface area contributed by atoms with Crippen molar-refractivity contribution in [2.45, 2.75) is 33.9 Å². The highest BCUT2D eigenvalue weighted by atomic mass is 32.2. The maximum absolute atomic E-state index is 4.49. The number of rotatable bonds is 11. The molecule has 0 fully saturated rings. The summed E-state index contributed by atoms with van der Waals surface area (Å²) in [5.41, 5.74) is 1.20. The van der Waals surface area contributed by atoms with Crippen LogP contribution >= 0.6 is 23.5 Å². The first kappa shape index (κ1) is 16.9. The van der Waals surface area contributed by atoms with Gasteiger partial charge in [0, 0.05) is 43.9 Å². The number of hydrogen-bond donors (Lipinski definition) is 0. The summed E-state index contributed by atoms with van der Waals surface area (Å²) < 4.78 is 2.15. The summed E-state index contributed by atoms with van der Waals surface area (Å²) in [4.78, 5) is 7.03. The first-order valence-electron chi connectivity index (χ1n) is 7.18. The van der Waals surface area contributed by atoms with Crippen molar-refractivity contribution in [3.63, 3.8) is 0 Å². The van der Waals surface area contributed by atoms with Crippen molar-refractivity contribution in [1.82, 2.24) is 14.5 Å². The van der Waals surface area contributed by atoms with Crippen LogP contribution in [-0.2, 0) is 13.1 Å². The quantitative estimate of drug-likeness (QED) is 0.585. The van der Waals surface area contributed by atoms with Crippen molar-refractivity contribution in [1.29, 1.82) is 0 Å². The zero-order chi connectivity index (χ0) is 13.9. The van der Waals surface area contributed by atoms with Gasteiger partial charge in [-0.15, -0.1) is 0 Å². The molecular formula is C14H27N3S2. The molecule has 1 aromatic heterocycles. The molecule has 3 nitrogen and oxygen atoms in total. The molecule has 1 rings (SSSR count). The molecule has 1 heterocycles. The van der Waals surface area contributed by atoms with Crippen molar-refractivity contribution in [2.24, 2.45) is 0 Å². The van der Waals surface area contributed by atoms with E-state index in [2.05, 4.69) is 41.4 Å². The molecule has 0 amide bonds. The normalized spacial score (nSPS) is 11.4. The first-order valence-corrected chi connectivity index (χ1v) is 9.49. The van der Waals surface area contributed by atoms with E-state index in [9.17, 15) is 0 Å². The Labute approximate surface area is 126 Å². The van der Waals surface area contributed by atoms with Crippen LogP contribution in [0, 0.1) is 0 Å². The summed E-state index contributed by atoms with van der Waals surface area (Å²) >= 11 is 4.04. The molecule has 0 aromatic carbocycles. The number of thioether (sulfide) groups is 2. The molecule has 0 saturated heterocycles. The third-order valence-electron chi connectivity index (χ3n) is 2.95. The second-order valence-corrected chi connectivity index (χ2v) is 7.15. The Balaban J connectivity index is 2.41. The first-order chi connectivity index (χ1) is 9.30. The molecular weight excluding hydrogens is 274 g/mol. The number of imidazole rings is 1. The molecule has 0 saturated carbocycles. The number of hydrogen-bond acceptors (Lipinski definition) is 4. The summed E-state index contributed by atoms with van der Waals surface area (Å²) in [5.74, 6) is 4.87. The number of nitrogens with zero attached hydrogens (tertiary/aromatic N) is 3. The molecule has 1 aromatic rings. The van der Waals surface area contributed by atoms with E-state index in [0.29, 0.717) is 0 Å². The molecule has 0 N–H and O–H groups in total. The third kappa shape index (κ3) is 7.28. The maximum Gasteiger partial charge on any atom is 0.0949 e. The van der Waals surface area contributed by atoms with Crippen LogP contribution in [0.4, 0.5) is 0 Å². The van der Waals surface area contributed by atoms with Gasteiger partial charge in [0.2, 0.25) is 0 Å². The van der Waals surface area contributed by atoms with Crippen LogP contribution in [-0.4, -0.2) is 50.6 Å². The summed E-state index contributed by atoms with van der Waals surface area (Å²) in [6.07, 6.45) is 4.11. The standard InChI is InChI=1S/C14H27N3S2/c1-4-16-11-14(15-13-16)12-17(7-9-18-5-2)8-10-19-6-3/h11,13H,4-10,12H2,1-3H3. The highest BCUT2D eigenvalue weighted by Gasteiger charge is 2.07. The van der Waals surface area contributed by atoms with Gasteiger partial charge in [-0.3, -0.25) is 4.90 Å². The van der Waals surface area contributed by atoms with Crippen molar-refractivity contribution >= 4 is 23.5 Å². The van der Waals surface area contributed by atoms with E-state index in [1.54, 1.807) is 0 Å². The minimum atomic E-state index is 0.988. The molecule has 0 spiro atoms. The van der Waals surface area contributed by atoms with Crippen LogP contribution in [0.25, 0.3) is 0 Å². The summed E-state index contributed by atoms with van der Waals surface area (Å²) in [6, 6.07) is 0. The van der Waals surface area contributed by atoms with E-state index in [-0.39, 0.29) is 0 Å². The highest BCUT2D eigenvalue weighted by Crippen LogP contribution is 2.08. The fraction of sp³-hybridized carbons (Fsp3) is 0.786. The molecule has 0 radical (unpaired) electrons. The Morgan fingerprint density at radius 3 is 2.21 bits per heavy atom. The van der Waals surface area contributed by atoms with E-state index >= 15 is 0 Å². The van der Waals surface area contributed by atoms with Gasteiger partial charge in [-0.2, -0.15) is 23.5 Å². The fourth-order valence-corrected chi connectivity index (χ4v) is 3.19. The Morgan fingerprint density at radius 1 is 1.11 bits per heavy atom. The van der Waals surface area contributed by atoms with E-state index in [4.69, 9.17) is 0 Å². The lowest BCUT2D eigenvalue weighted by atomic mass is 10.4. The number of aryl methyl sites for hydroxylation is 1. The van der Waals surface area contributed by atoms with Gasteiger partial charge in [0.05, 0.1) is 12.0 Å². The monoisotopic (exact) mass is 301 g/mol. The second kappa shape index (κ2) is 10.6. The summed E-state index contributed by atoms with van der Waals surface area (Å²) in [7, 11) is 0. The van der Waals surface area contributed by atoms with Crippen LogP contribution in [0.3, 0.4) is 0 Å². The maximum atomic E-state index is 4.49. The van der Waals surface area contributed by atoms with Gasteiger partial charge in [-0.05, 0) is 18.4 Å². The fourth-order valence-electron chi connectivity index (χ4n) is 1.84. The average molecular weight is 302 g/mol. The van der Waals surface area contributed by atoms with Gasteiger partial charge in [0.25, 0.3) is 0 Å². The van der Waals surface area contributed by atoms with E-state index in [1.165, 1.54) is 41.8 Å². The topological polar surface area (TPSA) is 21.1 Å². The van der Waals surface area contributed by atoms with Crippen LogP contribution in [0.2, 0.25) is 0 Å². The van der Waals surface area contributed by atoms with Crippen molar-refractivity contribution in [2.75, 3.05) is 36.1 Å². The van der Waals surface area contributed by atoms with Crippen molar-refractivity contribution in [3.8, 4) is 0 Å². The largest absolute Gasteiger partial charge is 0.337 e. The molecule has 110 valence electrons. The van der Waals surface area contributed by atoms with E-state index < -0.39 is 0 Å². The van der Waals surface area contributed by atoms with Gasteiger partial charge >= 0.3 is 0 Å². The average Bonchev–Trinajstić information content (AvgIpc) is 2.87. The van der Waals surface area contributed by atoms with Crippen molar-refractivity contribution in [3.05, 3.63) is 18.2 Å². The molecule has 0 aliphatic rings. The van der Waals surface area contributed by atoms with Crippen molar-refractivity contribution < 1.29 is 0 Å².